The zero-order chi connectivity index (χ0) is 12.4. The Bertz CT molecular complexity index is 521. The number of rotatable bonds is 0. The fourth-order valence-electron chi connectivity index (χ4n) is 2.32. The number of nitrogens with one attached hydrogen (secondary N) is 2. The summed E-state index contributed by atoms with van der Waals surface area (Å²) in [5.41, 5.74) is 4.06. The van der Waals surface area contributed by atoms with Crippen molar-refractivity contribution in [3.05, 3.63) is 33.9 Å². The lowest BCUT2D eigenvalue weighted by atomic mass is 10.0. The molecule has 1 aromatic carbocycles. The van der Waals surface area contributed by atoms with E-state index in [0.717, 1.165) is 17.4 Å². The number of benzene rings is 1. The Morgan fingerprint density at radius 2 is 2.12 bits per heavy atom. The second-order valence-electron chi connectivity index (χ2n) is 4.23. The van der Waals surface area contributed by atoms with Crippen LogP contribution in [-0.4, -0.2) is 16.0 Å². The molecule has 3 rings (SSSR count). The van der Waals surface area contributed by atoms with E-state index in [1.807, 2.05) is 4.93 Å². The number of H-pyrrole nitrogens is 1. The molecule has 1 aromatic heterocycles. The summed E-state index contributed by atoms with van der Waals surface area (Å²) in [6, 6.07) is 6.94. The van der Waals surface area contributed by atoms with E-state index in [-0.39, 0.29) is 0 Å². The molecule has 0 radical (unpaired) electrons. The number of fused-ring (bicyclic) bond motifs is 3. The minimum absolute atomic E-state index is 0.573. The lowest BCUT2D eigenvalue weighted by Gasteiger charge is -2.20. The van der Waals surface area contributed by atoms with Crippen molar-refractivity contribution in [1.29, 1.82) is 0 Å². The maximum Gasteiger partial charge on any atom is 0.0603 e. The summed E-state index contributed by atoms with van der Waals surface area (Å²) in [4.78, 5) is 5.50. The predicted octanol–water partition coefficient (Wildman–Crippen LogP) is 4.02. The molecular weight excluding hydrogens is 391 g/mol. The van der Waals surface area contributed by atoms with Crippen LogP contribution in [0.3, 0.4) is 0 Å². The van der Waals surface area contributed by atoms with E-state index in [0.29, 0.717) is 6.04 Å². The minimum Gasteiger partial charge on any atom is -0.357 e. The van der Waals surface area contributed by atoms with Crippen LogP contribution in [0.25, 0.3) is 10.9 Å². The number of alkyl halides is 1. The first-order valence-corrected chi connectivity index (χ1v) is 8.60. The van der Waals surface area contributed by atoms with Crippen molar-refractivity contribution in [2.45, 2.75) is 25.9 Å². The molecule has 4 heteroatoms. The number of aromatic amines is 1. The normalized spacial score (nSPS) is 18.5. The van der Waals surface area contributed by atoms with Crippen LogP contribution in [0.4, 0.5) is 0 Å². The van der Waals surface area contributed by atoms with Crippen molar-refractivity contribution < 1.29 is 0 Å². The number of aromatic nitrogens is 1. The summed E-state index contributed by atoms with van der Waals surface area (Å²) in [5.74, 6) is 0. The molecule has 0 amide bonds. The summed E-state index contributed by atoms with van der Waals surface area (Å²) in [7, 11) is 0. The van der Waals surface area contributed by atoms with Gasteiger partial charge < -0.3 is 10.3 Å². The smallest absolute Gasteiger partial charge is 0.0603 e. The average Bonchev–Trinajstić information content (AvgIpc) is 2.71. The quantitative estimate of drug-likeness (QED) is 0.502. The summed E-state index contributed by atoms with van der Waals surface area (Å²) < 4.78 is 1.15. The Morgan fingerprint density at radius 3 is 2.88 bits per heavy atom. The van der Waals surface area contributed by atoms with E-state index >= 15 is 0 Å². The molecule has 1 unspecified atom stereocenters. The van der Waals surface area contributed by atoms with Crippen LogP contribution in [-0.2, 0) is 13.0 Å². The van der Waals surface area contributed by atoms with Crippen LogP contribution in [0.15, 0.2) is 22.7 Å². The predicted molar refractivity (Wildman–Crippen MR) is 85.9 cm³/mol. The highest BCUT2D eigenvalue weighted by atomic mass is 127. The second-order valence-corrected chi connectivity index (χ2v) is 5.08. The number of hydrogen-bond donors (Lipinski definition) is 2. The average molecular weight is 407 g/mol. The van der Waals surface area contributed by atoms with Gasteiger partial charge in [0.05, 0.1) is 5.52 Å². The molecule has 2 N–H and O–H groups in total. The lowest BCUT2D eigenvalue weighted by Crippen LogP contribution is -2.32. The maximum absolute atomic E-state index is 3.59. The van der Waals surface area contributed by atoms with Crippen molar-refractivity contribution in [3.63, 3.8) is 0 Å². The van der Waals surface area contributed by atoms with Crippen LogP contribution >= 0.6 is 38.5 Å². The second kappa shape index (κ2) is 5.71. The fourth-order valence-corrected chi connectivity index (χ4v) is 2.79. The first-order valence-electron chi connectivity index (χ1n) is 5.65. The van der Waals surface area contributed by atoms with Gasteiger partial charge in [-0.2, -0.15) is 0 Å². The summed E-state index contributed by atoms with van der Waals surface area (Å²) >= 11 is 5.74. The molecule has 92 valence electrons. The summed E-state index contributed by atoms with van der Waals surface area (Å²) in [5, 5.41) is 4.85. The Morgan fingerprint density at radius 1 is 1.35 bits per heavy atom. The lowest BCUT2D eigenvalue weighted by molar-refractivity contribution is 0.511. The Kier molecular flexibility index (Phi) is 4.49. The third kappa shape index (κ3) is 2.53. The van der Waals surface area contributed by atoms with Gasteiger partial charge in [-0.05, 0) is 39.4 Å². The molecular formula is C13H16BrIN2. The summed E-state index contributed by atoms with van der Waals surface area (Å²) in [6.45, 7) is 3.20. The number of para-hydroxylation sites is 1. The van der Waals surface area contributed by atoms with E-state index in [9.17, 15) is 0 Å². The molecule has 0 aliphatic carbocycles. The van der Waals surface area contributed by atoms with Crippen molar-refractivity contribution in [3.8, 4) is 0 Å². The van der Waals surface area contributed by atoms with Crippen LogP contribution in [0.1, 0.15) is 18.2 Å². The standard InChI is InChI=1S/C12H13BrN2.CH3I/c1-7-5-11-9(6-14-7)8-3-2-4-10(13)12(8)15-11;1-2/h2-4,7,14-15H,5-6H2,1H3;1H3. The van der Waals surface area contributed by atoms with E-state index in [4.69, 9.17) is 0 Å². The highest BCUT2D eigenvalue weighted by molar-refractivity contribution is 14.1. The Labute approximate surface area is 124 Å². The van der Waals surface area contributed by atoms with Gasteiger partial charge in [-0.1, -0.05) is 34.7 Å². The van der Waals surface area contributed by atoms with Crippen LogP contribution in [0.5, 0.6) is 0 Å². The Hall–Kier alpha value is -0.0700. The molecule has 17 heavy (non-hydrogen) atoms. The van der Waals surface area contributed by atoms with Crippen LogP contribution < -0.4 is 5.32 Å². The molecule has 1 aliphatic heterocycles. The minimum atomic E-state index is 0.573. The first-order chi connectivity index (χ1) is 8.25. The number of halogens is 2. The third-order valence-corrected chi connectivity index (χ3v) is 3.78. The van der Waals surface area contributed by atoms with Crippen molar-refractivity contribution in [2.75, 3.05) is 4.93 Å². The van der Waals surface area contributed by atoms with Crippen LogP contribution in [0, 0.1) is 0 Å². The first kappa shape index (κ1) is 13.4. The highest BCUT2D eigenvalue weighted by Gasteiger charge is 2.19. The van der Waals surface area contributed by atoms with E-state index in [2.05, 4.69) is 73.9 Å². The monoisotopic (exact) mass is 406 g/mol. The molecule has 0 saturated carbocycles. The SMILES string of the molecule is CC1Cc2[nH]c3c(Br)cccc3c2CN1.CI. The van der Waals surface area contributed by atoms with E-state index in [1.54, 1.807) is 0 Å². The maximum atomic E-state index is 3.59. The van der Waals surface area contributed by atoms with Crippen LogP contribution in [0.2, 0.25) is 0 Å². The molecule has 1 aliphatic rings. The Balaban J connectivity index is 0.000000514. The van der Waals surface area contributed by atoms with E-state index in [1.165, 1.54) is 22.2 Å². The van der Waals surface area contributed by atoms with Gasteiger partial charge in [0.1, 0.15) is 0 Å². The van der Waals surface area contributed by atoms with Crippen molar-refractivity contribution in [2.24, 2.45) is 0 Å². The largest absolute Gasteiger partial charge is 0.357 e. The van der Waals surface area contributed by atoms with Gasteiger partial charge in [0.25, 0.3) is 0 Å². The molecule has 2 heterocycles. The van der Waals surface area contributed by atoms with E-state index < -0.39 is 0 Å². The molecule has 0 fully saturated rings. The molecule has 0 spiro atoms. The molecule has 1 atom stereocenters. The van der Waals surface area contributed by atoms with Gasteiger partial charge in [-0.3, -0.25) is 0 Å². The molecule has 0 bridgehead atoms. The van der Waals surface area contributed by atoms with Gasteiger partial charge in [0.2, 0.25) is 0 Å². The number of hydrogen-bond acceptors (Lipinski definition) is 1. The zero-order valence-electron chi connectivity index (χ0n) is 9.98. The van der Waals surface area contributed by atoms with Gasteiger partial charge in [0, 0.05) is 34.6 Å². The van der Waals surface area contributed by atoms with Crippen molar-refractivity contribution in [1.82, 2.24) is 10.3 Å². The van der Waals surface area contributed by atoms with Gasteiger partial charge in [-0.15, -0.1) is 0 Å². The third-order valence-electron chi connectivity index (χ3n) is 3.12. The summed E-state index contributed by atoms with van der Waals surface area (Å²) in [6.07, 6.45) is 1.09. The molecule has 2 nitrogen and oxygen atoms in total. The van der Waals surface area contributed by atoms with Gasteiger partial charge in [0.15, 0.2) is 0 Å². The van der Waals surface area contributed by atoms with Crippen molar-refractivity contribution >= 4 is 49.4 Å². The zero-order valence-corrected chi connectivity index (χ0v) is 13.7. The molecule has 0 saturated heterocycles. The van der Waals surface area contributed by atoms with Gasteiger partial charge >= 0.3 is 0 Å². The topological polar surface area (TPSA) is 27.8 Å². The van der Waals surface area contributed by atoms with Gasteiger partial charge in [-0.25, -0.2) is 0 Å². The molecule has 2 aromatic rings. The fraction of sp³-hybridized carbons (Fsp3) is 0.385. The highest BCUT2D eigenvalue weighted by Crippen LogP contribution is 2.30.